The maximum Gasteiger partial charge on any atom is 0.418 e. The molecule has 3 N–H and O–H groups in total. The number of nitrogens with two attached hydrogens (primary N) is 1. The van der Waals surface area contributed by atoms with Crippen LogP contribution >= 0.6 is 11.6 Å². The fourth-order valence-corrected chi connectivity index (χ4v) is 7.93. The van der Waals surface area contributed by atoms with Crippen molar-refractivity contribution in [1.29, 1.82) is 0 Å². The number of benzene rings is 3. The molecule has 318 valence electrons. The van der Waals surface area contributed by atoms with Crippen LogP contribution in [0.25, 0.3) is 11.4 Å². The Hall–Kier alpha value is -6.04. The van der Waals surface area contributed by atoms with E-state index in [1.54, 1.807) is 29.2 Å². The average Bonchev–Trinajstić information content (AvgIpc) is 3.85. The number of carbonyl (C=O) groups is 4. The van der Waals surface area contributed by atoms with Gasteiger partial charge >= 0.3 is 23.9 Å². The molecule has 19 heteroatoms. The van der Waals surface area contributed by atoms with Gasteiger partial charge in [-0.3, -0.25) is 14.6 Å². The van der Waals surface area contributed by atoms with E-state index in [0.717, 1.165) is 23.7 Å². The molecule has 3 amide bonds. The number of ether oxygens (including phenoxy) is 2. The molecule has 4 aromatic rings. The Morgan fingerprint density at radius 1 is 0.917 bits per heavy atom. The highest BCUT2D eigenvalue weighted by Crippen LogP contribution is 2.38. The predicted octanol–water partition coefficient (Wildman–Crippen LogP) is 5.01. The van der Waals surface area contributed by atoms with Crippen molar-refractivity contribution in [3.63, 3.8) is 0 Å². The number of halogens is 4. The molecule has 0 radical (unpaired) electrons. The van der Waals surface area contributed by atoms with Crippen LogP contribution in [0.3, 0.4) is 0 Å². The Bertz CT molecular complexity index is 2250. The largest absolute Gasteiger partial charge is 0.460 e. The van der Waals surface area contributed by atoms with Gasteiger partial charge in [0, 0.05) is 69.9 Å². The number of nitrogens with one attached hydrogen (secondary N) is 1. The number of nitrogen functional groups attached to an aromatic ring is 1. The molecule has 0 aliphatic carbocycles. The number of carbonyl (C=O) groups excluding carboxylic acids is 4. The summed E-state index contributed by atoms with van der Waals surface area (Å²) in [6.45, 7) is 2.60. The van der Waals surface area contributed by atoms with Crippen molar-refractivity contribution in [2.75, 3.05) is 69.6 Å². The minimum Gasteiger partial charge on any atom is -0.460 e. The van der Waals surface area contributed by atoms with Crippen LogP contribution in [-0.4, -0.2) is 118 Å². The number of piperazine rings is 1. The van der Waals surface area contributed by atoms with Crippen LogP contribution in [0.5, 0.6) is 0 Å². The van der Waals surface area contributed by atoms with Gasteiger partial charge in [0.15, 0.2) is 11.9 Å². The first kappa shape index (κ1) is 42.1. The Labute approximate surface area is 347 Å². The molecule has 0 unspecified atom stereocenters. The lowest BCUT2D eigenvalue weighted by Gasteiger charge is -2.38. The highest BCUT2D eigenvalue weighted by atomic mass is 35.5. The Morgan fingerprint density at radius 2 is 1.62 bits per heavy atom. The minimum absolute atomic E-state index is 0.000275. The molecular formula is C41H44ClF3N8O7. The average molecular weight is 853 g/mol. The number of H-pyrrole nitrogens is 1. The number of alkyl halides is 3. The van der Waals surface area contributed by atoms with Crippen LogP contribution in [0.4, 0.5) is 29.3 Å². The van der Waals surface area contributed by atoms with Gasteiger partial charge in [-0.05, 0) is 61.2 Å². The summed E-state index contributed by atoms with van der Waals surface area (Å²) < 4.78 is 54.2. The number of piperidine rings is 1. The first-order chi connectivity index (χ1) is 28.7. The van der Waals surface area contributed by atoms with Gasteiger partial charge in [-0.2, -0.15) is 13.2 Å². The fraction of sp³-hybridized carbons (Fsp3) is 0.415. The number of esters is 1. The summed E-state index contributed by atoms with van der Waals surface area (Å²) in [5.41, 5.74) is 5.33. The summed E-state index contributed by atoms with van der Waals surface area (Å²) in [6.07, 6.45) is -5.53. The summed E-state index contributed by atoms with van der Waals surface area (Å²) >= 11 is 6.12. The molecule has 4 heterocycles. The number of nitrogens with zero attached hydrogens (tertiary/aromatic N) is 6. The van der Waals surface area contributed by atoms with Crippen molar-refractivity contribution in [3.8, 4) is 11.4 Å². The van der Waals surface area contributed by atoms with Crippen molar-refractivity contribution >= 4 is 46.9 Å². The van der Waals surface area contributed by atoms with Crippen LogP contribution in [0.2, 0.25) is 5.02 Å². The maximum absolute atomic E-state index is 14.1. The van der Waals surface area contributed by atoms with Crippen LogP contribution in [0, 0.1) is 0 Å². The second-order valence-electron chi connectivity index (χ2n) is 14.9. The highest BCUT2D eigenvalue weighted by molar-refractivity contribution is 6.33. The zero-order valence-corrected chi connectivity index (χ0v) is 33.3. The van der Waals surface area contributed by atoms with Crippen LogP contribution in [-0.2, 0) is 31.7 Å². The molecule has 0 spiro atoms. The maximum atomic E-state index is 14.1. The number of hydrogen-bond acceptors (Lipinski definition) is 10. The molecule has 3 saturated heterocycles. The van der Waals surface area contributed by atoms with Gasteiger partial charge in [-0.25, -0.2) is 19.1 Å². The summed E-state index contributed by atoms with van der Waals surface area (Å²) in [5.74, 6) is -0.633. The number of aromatic nitrogens is 3. The lowest BCUT2D eigenvalue weighted by molar-refractivity contribution is -0.141. The second kappa shape index (κ2) is 18.1. The number of amides is 3. The number of hydrogen-bond donors (Lipinski definition) is 2. The van der Waals surface area contributed by atoms with E-state index in [-0.39, 0.29) is 61.0 Å². The van der Waals surface area contributed by atoms with E-state index in [4.69, 9.17) is 26.8 Å². The molecule has 3 aliphatic rings. The van der Waals surface area contributed by atoms with Gasteiger partial charge in [0.25, 0.3) is 5.91 Å². The third kappa shape index (κ3) is 9.70. The van der Waals surface area contributed by atoms with Gasteiger partial charge in [-0.1, -0.05) is 41.9 Å². The van der Waals surface area contributed by atoms with Crippen molar-refractivity contribution in [2.45, 2.75) is 50.4 Å². The number of anilines is 2. The summed E-state index contributed by atoms with van der Waals surface area (Å²) in [7, 11) is 0. The van der Waals surface area contributed by atoms with E-state index in [0.29, 0.717) is 56.8 Å². The van der Waals surface area contributed by atoms with Gasteiger partial charge in [0.1, 0.15) is 6.61 Å². The SMILES string of the molecule is Nc1c(Cl)cc(C[C@@H](OC(=O)N2CCC(n3nc(-c4ccccc4)[nH]c3=O)CC2)C(=O)N2CCN(c3ccc(C(=O)OCCN4CCCC4=O)cc3)CC2)cc1C(F)(F)F. The first-order valence-corrected chi connectivity index (χ1v) is 20.1. The molecular weight excluding hydrogens is 809 g/mol. The topological polar surface area (TPSA) is 176 Å². The molecule has 1 aromatic heterocycles. The molecule has 3 fully saturated rings. The minimum atomic E-state index is -4.83. The van der Waals surface area contributed by atoms with E-state index >= 15 is 0 Å². The third-order valence-electron chi connectivity index (χ3n) is 11.0. The first-order valence-electron chi connectivity index (χ1n) is 19.7. The second-order valence-corrected chi connectivity index (χ2v) is 15.3. The lowest BCUT2D eigenvalue weighted by atomic mass is 10.0. The molecule has 3 aromatic carbocycles. The van der Waals surface area contributed by atoms with E-state index < -0.39 is 47.9 Å². The zero-order chi connectivity index (χ0) is 42.6. The normalized spacial score (nSPS) is 16.9. The number of aromatic amines is 1. The van der Waals surface area contributed by atoms with Gasteiger partial charge in [-0.15, -0.1) is 5.10 Å². The van der Waals surface area contributed by atoms with Crippen LogP contribution in [0.1, 0.15) is 53.2 Å². The smallest absolute Gasteiger partial charge is 0.418 e. The Morgan fingerprint density at radius 3 is 2.27 bits per heavy atom. The molecule has 0 saturated carbocycles. The van der Waals surface area contributed by atoms with Gasteiger partial charge < -0.3 is 34.8 Å². The molecule has 15 nitrogen and oxygen atoms in total. The predicted molar refractivity (Wildman–Crippen MR) is 214 cm³/mol. The zero-order valence-electron chi connectivity index (χ0n) is 32.5. The van der Waals surface area contributed by atoms with Crippen LogP contribution in [0.15, 0.2) is 71.5 Å². The van der Waals surface area contributed by atoms with Crippen molar-refractivity contribution in [2.24, 2.45) is 0 Å². The van der Waals surface area contributed by atoms with E-state index in [1.165, 1.54) is 20.5 Å². The number of rotatable bonds is 11. The van der Waals surface area contributed by atoms with E-state index in [2.05, 4.69) is 10.1 Å². The summed E-state index contributed by atoms with van der Waals surface area (Å²) in [5, 5.41) is 4.12. The van der Waals surface area contributed by atoms with Gasteiger partial charge in [0.05, 0.1) is 34.4 Å². The van der Waals surface area contributed by atoms with Crippen LogP contribution < -0.4 is 16.3 Å². The Kier molecular flexibility index (Phi) is 12.7. The molecule has 7 rings (SSSR count). The highest BCUT2D eigenvalue weighted by Gasteiger charge is 2.37. The van der Waals surface area contributed by atoms with Crippen molar-refractivity contribution in [3.05, 3.63) is 98.9 Å². The van der Waals surface area contributed by atoms with Gasteiger partial charge in [0.2, 0.25) is 5.91 Å². The molecule has 3 aliphatic heterocycles. The monoisotopic (exact) mass is 852 g/mol. The van der Waals surface area contributed by atoms with Crippen molar-refractivity contribution in [1.82, 2.24) is 29.5 Å². The van der Waals surface area contributed by atoms with Crippen molar-refractivity contribution < 1.29 is 41.8 Å². The molecule has 60 heavy (non-hydrogen) atoms. The number of likely N-dealkylation sites (tertiary alicyclic amines) is 2. The standard InChI is InChI=1S/C41H44ClF3N8O7/c42-32-24-26(23-31(35(32)46)41(43,44)45)25-33(60-40(58)52-15-12-30(13-16-52)53-39(57)47-36(48-53)27-5-2-1-3-6-27)37(55)51-19-17-49(18-20-51)29-10-8-28(9-11-29)38(56)59-22-21-50-14-4-7-34(50)54/h1-3,5-6,8-11,23-24,30,33H,4,7,12-22,25,46H2,(H,47,48,57)/t33-/m1/s1. The molecule has 0 bridgehead atoms. The molecule has 1 atom stereocenters. The van der Waals surface area contributed by atoms with E-state index in [1.807, 2.05) is 35.2 Å². The lowest BCUT2D eigenvalue weighted by Crippen LogP contribution is -2.53. The summed E-state index contributed by atoms with van der Waals surface area (Å²) in [6, 6.07) is 17.7. The quantitative estimate of drug-likeness (QED) is 0.154. The Balaban J connectivity index is 0.988. The fourth-order valence-electron chi connectivity index (χ4n) is 7.69. The third-order valence-corrected chi connectivity index (χ3v) is 11.3. The van der Waals surface area contributed by atoms with E-state index in [9.17, 15) is 37.1 Å². The summed E-state index contributed by atoms with van der Waals surface area (Å²) in [4.78, 5) is 74.3.